The summed E-state index contributed by atoms with van der Waals surface area (Å²) in [5.74, 6) is 1.69. The van der Waals surface area contributed by atoms with Crippen LogP contribution in [0.5, 0.6) is 0 Å². The van der Waals surface area contributed by atoms with Gasteiger partial charge in [-0.1, -0.05) is 27.2 Å². The zero-order chi connectivity index (χ0) is 19.0. The second-order valence-electron chi connectivity index (χ2n) is 8.06. The molecule has 4 rings (SSSR count). The lowest BCUT2D eigenvalue weighted by molar-refractivity contribution is 0.366. The van der Waals surface area contributed by atoms with Crippen molar-refractivity contribution >= 4 is 5.65 Å². The van der Waals surface area contributed by atoms with Crippen LogP contribution < -0.4 is 10.9 Å². The van der Waals surface area contributed by atoms with Crippen LogP contribution in [0.1, 0.15) is 63.8 Å². The van der Waals surface area contributed by atoms with E-state index in [-0.39, 0.29) is 11.0 Å². The van der Waals surface area contributed by atoms with Crippen molar-refractivity contribution in [1.82, 2.24) is 24.9 Å². The number of nitrogens with zero attached hydrogens (tertiary/aromatic N) is 3. The van der Waals surface area contributed by atoms with E-state index in [1.807, 2.05) is 4.52 Å². The van der Waals surface area contributed by atoms with Gasteiger partial charge in [0.25, 0.3) is 5.56 Å². The first-order valence-electron chi connectivity index (χ1n) is 9.78. The highest BCUT2D eigenvalue weighted by Crippen LogP contribution is 2.33. The summed E-state index contributed by atoms with van der Waals surface area (Å²) >= 11 is 0. The smallest absolute Gasteiger partial charge is 0.251 e. The van der Waals surface area contributed by atoms with E-state index in [2.05, 4.69) is 41.2 Å². The maximum absolute atomic E-state index is 12.3. The van der Waals surface area contributed by atoms with E-state index in [1.54, 1.807) is 18.5 Å². The van der Waals surface area contributed by atoms with E-state index in [9.17, 15) is 4.79 Å². The van der Waals surface area contributed by atoms with Gasteiger partial charge in [-0.3, -0.25) is 4.79 Å². The SMILES string of the molecule is CCCC(C)(C)c1cnc(-c2cnn3c(C4CCNCC4)cc(=O)[nH]c23)o1. The van der Waals surface area contributed by atoms with E-state index < -0.39 is 0 Å². The lowest BCUT2D eigenvalue weighted by Gasteiger charge is -2.23. The quantitative estimate of drug-likeness (QED) is 0.721. The molecule has 0 bridgehead atoms. The number of nitrogens with one attached hydrogen (secondary N) is 2. The first-order valence-corrected chi connectivity index (χ1v) is 9.78. The molecule has 3 aromatic heterocycles. The molecule has 0 amide bonds. The summed E-state index contributed by atoms with van der Waals surface area (Å²) in [6, 6.07) is 1.67. The molecule has 1 aliphatic heterocycles. The fourth-order valence-electron chi connectivity index (χ4n) is 4.04. The number of aromatic nitrogens is 4. The van der Waals surface area contributed by atoms with Gasteiger partial charge >= 0.3 is 0 Å². The van der Waals surface area contributed by atoms with Crippen LogP contribution >= 0.6 is 0 Å². The van der Waals surface area contributed by atoms with E-state index in [4.69, 9.17) is 4.42 Å². The molecule has 0 aromatic carbocycles. The van der Waals surface area contributed by atoms with Gasteiger partial charge in [0.2, 0.25) is 5.89 Å². The standard InChI is InChI=1S/C20H27N5O2/c1-4-7-20(2,3)16-12-22-19(27-16)14-11-23-25-15(10-17(26)24-18(14)25)13-5-8-21-9-6-13/h10-13,21H,4-9H2,1-3H3,(H,24,26). The minimum atomic E-state index is -0.115. The molecule has 0 atom stereocenters. The molecule has 0 radical (unpaired) electrons. The van der Waals surface area contributed by atoms with Crippen LogP contribution in [0.3, 0.4) is 0 Å². The molecule has 0 aliphatic carbocycles. The van der Waals surface area contributed by atoms with Gasteiger partial charge in [0.05, 0.1) is 23.7 Å². The summed E-state index contributed by atoms with van der Waals surface area (Å²) in [4.78, 5) is 19.7. The van der Waals surface area contributed by atoms with Gasteiger partial charge in [0, 0.05) is 17.4 Å². The molecule has 7 heteroatoms. The number of aromatic amines is 1. The van der Waals surface area contributed by atoms with Crippen LogP contribution in [0, 0.1) is 0 Å². The Morgan fingerprint density at radius 2 is 2.07 bits per heavy atom. The second-order valence-corrected chi connectivity index (χ2v) is 8.06. The van der Waals surface area contributed by atoms with Gasteiger partial charge in [-0.25, -0.2) is 9.50 Å². The van der Waals surface area contributed by atoms with Crippen LogP contribution in [0.15, 0.2) is 27.7 Å². The molecule has 0 spiro atoms. The van der Waals surface area contributed by atoms with Gasteiger partial charge in [0.15, 0.2) is 0 Å². The fraction of sp³-hybridized carbons (Fsp3) is 0.550. The summed E-state index contributed by atoms with van der Waals surface area (Å²) in [7, 11) is 0. The molecule has 3 aromatic rings. The summed E-state index contributed by atoms with van der Waals surface area (Å²) in [5, 5.41) is 7.91. The maximum atomic E-state index is 12.3. The minimum absolute atomic E-state index is 0.0728. The van der Waals surface area contributed by atoms with Crippen LogP contribution in [0.4, 0.5) is 0 Å². The Morgan fingerprint density at radius 1 is 1.30 bits per heavy atom. The molecular weight excluding hydrogens is 342 g/mol. The number of piperidine rings is 1. The number of rotatable bonds is 5. The maximum Gasteiger partial charge on any atom is 0.251 e. The Morgan fingerprint density at radius 3 is 2.81 bits per heavy atom. The molecule has 0 saturated carbocycles. The summed E-state index contributed by atoms with van der Waals surface area (Å²) in [6.07, 6.45) is 7.63. The van der Waals surface area contributed by atoms with Gasteiger partial charge in [-0.2, -0.15) is 5.10 Å². The van der Waals surface area contributed by atoms with Gasteiger partial charge in [0.1, 0.15) is 11.4 Å². The van der Waals surface area contributed by atoms with E-state index >= 15 is 0 Å². The van der Waals surface area contributed by atoms with Crippen molar-refractivity contribution in [1.29, 1.82) is 0 Å². The molecular formula is C20H27N5O2. The van der Waals surface area contributed by atoms with Crippen molar-refractivity contribution in [2.24, 2.45) is 0 Å². The van der Waals surface area contributed by atoms with Crippen LogP contribution in [-0.2, 0) is 5.41 Å². The normalized spacial score (nSPS) is 16.3. The molecule has 1 aliphatic rings. The van der Waals surface area contributed by atoms with Crippen molar-refractivity contribution in [3.05, 3.63) is 40.3 Å². The number of oxazole rings is 1. The highest BCUT2D eigenvalue weighted by Gasteiger charge is 2.26. The van der Waals surface area contributed by atoms with Crippen LogP contribution in [0.2, 0.25) is 0 Å². The predicted octanol–water partition coefficient (Wildman–Crippen LogP) is 3.22. The zero-order valence-electron chi connectivity index (χ0n) is 16.2. The van der Waals surface area contributed by atoms with E-state index in [0.29, 0.717) is 17.5 Å². The van der Waals surface area contributed by atoms with Gasteiger partial charge in [-0.05, 0) is 32.4 Å². The zero-order valence-corrected chi connectivity index (χ0v) is 16.2. The van der Waals surface area contributed by atoms with Gasteiger partial charge in [-0.15, -0.1) is 0 Å². The number of fused-ring (bicyclic) bond motifs is 1. The molecule has 1 fully saturated rings. The van der Waals surface area contributed by atoms with Crippen molar-refractivity contribution in [2.75, 3.05) is 13.1 Å². The van der Waals surface area contributed by atoms with E-state index in [0.717, 1.165) is 55.8 Å². The molecule has 144 valence electrons. The third-order valence-corrected chi connectivity index (χ3v) is 5.57. The number of hydrogen-bond acceptors (Lipinski definition) is 5. The highest BCUT2D eigenvalue weighted by molar-refractivity contribution is 5.71. The van der Waals surface area contributed by atoms with Crippen LogP contribution in [-0.4, -0.2) is 32.7 Å². The van der Waals surface area contributed by atoms with Crippen molar-refractivity contribution < 1.29 is 4.42 Å². The predicted molar refractivity (Wildman–Crippen MR) is 104 cm³/mol. The minimum Gasteiger partial charge on any atom is -0.440 e. The first kappa shape index (κ1) is 18.0. The van der Waals surface area contributed by atoms with E-state index in [1.165, 1.54) is 0 Å². The third kappa shape index (κ3) is 3.32. The Balaban J connectivity index is 1.77. The lowest BCUT2D eigenvalue weighted by atomic mass is 9.86. The molecule has 0 unspecified atom stereocenters. The Hall–Kier alpha value is -2.41. The van der Waals surface area contributed by atoms with Crippen LogP contribution in [0.25, 0.3) is 17.1 Å². The Bertz CT molecular complexity index is 991. The number of hydrogen-bond donors (Lipinski definition) is 2. The summed E-state index contributed by atoms with van der Waals surface area (Å²) < 4.78 is 7.92. The number of H-pyrrole nitrogens is 1. The largest absolute Gasteiger partial charge is 0.440 e. The van der Waals surface area contributed by atoms with Crippen molar-refractivity contribution in [3.63, 3.8) is 0 Å². The monoisotopic (exact) mass is 369 g/mol. The Kier molecular flexibility index (Phi) is 4.63. The average molecular weight is 369 g/mol. The Labute approximate surface area is 158 Å². The first-order chi connectivity index (χ1) is 13.0. The summed E-state index contributed by atoms with van der Waals surface area (Å²) in [5.41, 5.74) is 2.14. The highest BCUT2D eigenvalue weighted by atomic mass is 16.4. The summed E-state index contributed by atoms with van der Waals surface area (Å²) in [6.45, 7) is 8.41. The molecule has 7 nitrogen and oxygen atoms in total. The topological polar surface area (TPSA) is 88.2 Å². The molecule has 1 saturated heterocycles. The fourth-order valence-corrected chi connectivity index (χ4v) is 4.04. The van der Waals surface area contributed by atoms with Crippen molar-refractivity contribution in [2.45, 2.75) is 57.8 Å². The lowest BCUT2D eigenvalue weighted by Crippen LogP contribution is -2.28. The molecule has 4 heterocycles. The average Bonchev–Trinajstić information content (AvgIpc) is 3.29. The van der Waals surface area contributed by atoms with Crippen molar-refractivity contribution in [3.8, 4) is 11.5 Å². The molecule has 27 heavy (non-hydrogen) atoms. The molecule has 2 N–H and O–H groups in total. The van der Waals surface area contributed by atoms with Gasteiger partial charge < -0.3 is 14.7 Å². The second kappa shape index (κ2) is 6.96. The third-order valence-electron chi connectivity index (χ3n) is 5.57.